The van der Waals surface area contributed by atoms with Crippen molar-refractivity contribution in [3.63, 3.8) is 0 Å². The van der Waals surface area contributed by atoms with Gasteiger partial charge >= 0.3 is 6.03 Å². The number of hydrogen-bond acceptors (Lipinski definition) is 9. The number of aliphatic hydroxyl groups is 1. The number of β-amino-alcohol motifs (C(OH)–C–C–N with tert-alkyl or cyclic N) is 1. The summed E-state index contributed by atoms with van der Waals surface area (Å²) in [5.41, 5.74) is -2.88. The van der Waals surface area contributed by atoms with Gasteiger partial charge in [0.25, 0.3) is 11.8 Å². The number of rotatable bonds is 8. The molecule has 1 saturated heterocycles. The van der Waals surface area contributed by atoms with Crippen molar-refractivity contribution in [3.05, 3.63) is 48.8 Å². The predicted octanol–water partition coefficient (Wildman–Crippen LogP) is 0.557. The van der Waals surface area contributed by atoms with E-state index in [1.165, 1.54) is 63.0 Å². The summed E-state index contributed by atoms with van der Waals surface area (Å²) in [6.07, 6.45) is 3.05. The average molecular weight is 493 g/mol. The summed E-state index contributed by atoms with van der Waals surface area (Å²) < 4.78 is 31.6. The molecule has 2 aromatic rings. The lowest BCUT2D eigenvalue weighted by molar-refractivity contribution is -0.149. The van der Waals surface area contributed by atoms with E-state index in [2.05, 4.69) is 4.98 Å². The molecule has 1 aliphatic rings. The van der Waals surface area contributed by atoms with Crippen molar-refractivity contribution in [1.82, 2.24) is 20.3 Å². The van der Waals surface area contributed by atoms with Gasteiger partial charge in [-0.25, -0.2) is 18.7 Å². The number of benzene rings is 1. The Morgan fingerprint density at radius 2 is 1.68 bits per heavy atom. The van der Waals surface area contributed by atoms with E-state index in [0.717, 1.165) is 4.90 Å². The maximum Gasteiger partial charge on any atom is 0.327 e. The third-order valence-corrected chi connectivity index (χ3v) is 7.41. The molecule has 0 saturated carbocycles. The van der Waals surface area contributed by atoms with E-state index in [0.29, 0.717) is 16.4 Å². The van der Waals surface area contributed by atoms with Crippen molar-refractivity contribution in [2.75, 3.05) is 19.3 Å². The minimum atomic E-state index is -4.33. The van der Waals surface area contributed by atoms with Gasteiger partial charge in [-0.1, -0.05) is 0 Å². The molecule has 182 valence electrons. The lowest BCUT2D eigenvalue weighted by Gasteiger charge is -2.29. The van der Waals surface area contributed by atoms with Crippen LogP contribution in [0.15, 0.2) is 53.7 Å². The van der Waals surface area contributed by atoms with Crippen molar-refractivity contribution >= 4 is 27.7 Å². The first-order chi connectivity index (χ1) is 15.8. The second-order valence-corrected chi connectivity index (χ2v) is 10.3. The van der Waals surface area contributed by atoms with E-state index in [-0.39, 0.29) is 4.90 Å². The van der Waals surface area contributed by atoms with Crippen LogP contribution in [-0.4, -0.2) is 81.8 Å². The Balaban J connectivity index is 1.84. The Morgan fingerprint density at radius 3 is 2.18 bits per heavy atom. The van der Waals surface area contributed by atoms with Gasteiger partial charge in [-0.05, 0) is 50.2 Å². The number of carbonyl (C=O) groups excluding carboxylic acids is 3. The molecule has 3 rings (SSSR count). The number of pyridine rings is 1. The second-order valence-electron chi connectivity index (χ2n) is 8.28. The number of urea groups is 1. The highest BCUT2D eigenvalue weighted by Crippen LogP contribution is 2.29. The maximum absolute atomic E-state index is 13.0. The first-order valence-electron chi connectivity index (χ1n) is 9.99. The van der Waals surface area contributed by atoms with Crippen molar-refractivity contribution < 1.29 is 37.9 Å². The minimum Gasteiger partial charge on any atom is -0.457 e. The van der Waals surface area contributed by atoms with Crippen LogP contribution in [0.4, 0.5) is 4.79 Å². The number of nitrogens with one attached hydrogen (secondary N) is 1. The van der Waals surface area contributed by atoms with Crippen molar-refractivity contribution in [2.24, 2.45) is 0 Å². The molecule has 1 unspecified atom stereocenters. The molecule has 13 heteroatoms. The number of imide groups is 1. The van der Waals surface area contributed by atoms with E-state index in [9.17, 15) is 27.9 Å². The van der Waals surface area contributed by atoms with Gasteiger partial charge in [0.05, 0.1) is 17.2 Å². The van der Waals surface area contributed by atoms with Gasteiger partial charge in [0.15, 0.2) is 15.4 Å². The van der Waals surface area contributed by atoms with Crippen LogP contribution in [0, 0.1) is 0 Å². The van der Waals surface area contributed by atoms with E-state index >= 15 is 0 Å². The van der Waals surface area contributed by atoms with Gasteiger partial charge < -0.3 is 14.7 Å². The number of sulfone groups is 1. The number of carbonyl (C=O) groups is 3. The molecule has 0 spiro atoms. The van der Waals surface area contributed by atoms with Gasteiger partial charge in [-0.2, -0.15) is 0 Å². The molecule has 1 aromatic heterocycles. The lowest BCUT2D eigenvalue weighted by atomic mass is 10.0. The third kappa shape index (κ3) is 4.71. The zero-order valence-electron chi connectivity index (χ0n) is 18.6. The van der Waals surface area contributed by atoms with Gasteiger partial charge in [-0.15, -0.1) is 0 Å². The Bertz CT molecular complexity index is 1200. The fourth-order valence-electron chi connectivity index (χ4n) is 3.32. The number of nitrogens with zero attached hydrogens (tertiary/aromatic N) is 3. The molecule has 1 atom stereocenters. The number of hydrogen-bond donors (Lipinski definition) is 3. The van der Waals surface area contributed by atoms with Gasteiger partial charge in [-0.3, -0.25) is 24.7 Å². The number of aromatic nitrogens is 1. The summed E-state index contributed by atoms with van der Waals surface area (Å²) >= 11 is 0. The van der Waals surface area contributed by atoms with Crippen LogP contribution in [0.1, 0.15) is 13.8 Å². The largest absolute Gasteiger partial charge is 0.457 e. The summed E-state index contributed by atoms with van der Waals surface area (Å²) in [5.74, 6) is -2.63. The van der Waals surface area contributed by atoms with Crippen LogP contribution in [0.5, 0.6) is 11.5 Å². The van der Waals surface area contributed by atoms with Gasteiger partial charge in [0.1, 0.15) is 17.0 Å². The first-order valence-corrected chi connectivity index (χ1v) is 11.6. The highest BCUT2D eigenvalue weighted by molar-refractivity contribution is 7.91. The molecule has 3 N–H and O–H groups in total. The fourth-order valence-corrected chi connectivity index (χ4v) is 4.89. The molecule has 1 aliphatic heterocycles. The molecule has 1 fully saturated rings. The van der Waals surface area contributed by atoms with Crippen LogP contribution in [-0.2, 0) is 19.4 Å². The molecule has 1 aromatic carbocycles. The number of ether oxygens (including phenoxy) is 1. The summed E-state index contributed by atoms with van der Waals surface area (Å²) in [4.78, 5) is 42.7. The van der Waals surface area contributed by atoms with E-state index in [1.54, 1.807) is 12.1 Å². The summed E-state index contributed by atoms with van der Waals surface area (Å²) in [5, 5.41) is 20.0. The monoisotopic (exact) mass is 492 g/mol. The normalized spacial score (nSPS) is 17.4. The Hall–Kier alpha value is -3.55. The molecular formula is C21H24N4O8S. The fraction of sp³-hybridized carbons (Fsp3) is 0.333. The van der Waals surface area contributed by atoms with Crippen molar-refractivity contribution in [2.45, 2.75) is 29.9 Å². The molecular weight excluding hydrogens is 468 g/mol. The summed E-state index contributed by atoms with van der Waals surface area (Å²) in [7, 11) is -2.97. The van der Waals surface area contributed by atoms with E-state index in [4.69, 9.17) is 9.94 Å². The second kappa shape index (κ2) is 9.00. The highest BCUT2D eigenvalue weighted by atomic mass is 32.2. The first kappa shape index (κ1) is 25.1. The number of likely N-dealkylation sites (N-methyl/N-ethyl adjacent to an activating group) is 1. The Morgan fingerprint density at radius 1 is 1.12 bits per heavy atom. The van der Waals surface area contributed by atoms with E-state index < -0.39 is 51.1 Å². The molecule has 12 nitrogen and oxygen atoms in total. The van der Waals surface area contributed by atoms with Crippen molar-refractivity contribution in [3.8, 4) is 11.5 Å². The lowest BCUT2D eigenvalue weighted by Crippen LogP contribution is -2.58. The maximum atomic E-state index is 13.0. The van der Waals surface area contributed by atoms with Crippen LogP contribution >= 0.6 is 0 Å². The molecule has 2 heterocycles. The third-order valence-electron chi connectivity index (χ3n) is 5.57. The topological polar surface area (TPSA) is 166 Å². The minimum absolute atomic E-state index is 0.254. The molecule has 0 aliphatic carbocycles. The Kier molecular flexibility index (Phi) is 6.64. The highest BCUT2D eigenvalue weighted by Gasteiger charge is 2.53. The van der Waals surface area contributed by atoms with Gasteiger partial charge in [0.2, 0.25) is 0 Å². The smallest absolute Gasteiger partial charge is 0.327 e. The van der Waals surface area contributed by atoms with Crippen LogP contribution in [0.2, 0.25) is 0 Å². The van der Waals surface area contributed by atoms with Crippen LogP contribution in [0.25, 0.3) is 0 Å². The molecule has 0 bridgehead atoms. The van der Waals surface area contributed by atoms with Crippen LogP contribution in [0.3, 0.4) is 0 Å². The SMILES string of the molecule is CN1C(=O)N(CC(O)(CS(=O)(=O)c2ccc(Oc3ccncc3)cc2)C(=O)NO)C(=O)C1(C)C. The Labute approximate surface area is 195 Å². The average Bonchev–Trinajstić information content (AvgIpc) is 2.94. The molecule has 0 radical (unpaired) electrons. The number of amides is 4. The zero-order chi connectivity index (χ0) is 25.3. The summed E-state index contributed by atoms with van der Waals surface area (Å²) in [6.45, 7) is 1.95. The quantitative estimate of drug-likeness (QED) is 0.271. The van der Waals surface area contributed by atoms with Crippen molar-refractivity contribution in [1.29, 1.82) is 0 Å². The zero-order valence-corrected chi connectivity index (χ0v) is 19.4. The number of hydroxylamine groups is 1. The standard InChI is InChI=1S/C21H24N4O8S/c1-20(2)18(27)25(19(28)24(20)3)12-21(29,17(26)23-30)13-34(31,32)16-6-4-14(5-7-16)33-15-8-10-22-11-9-15/h4-11,29-30H,12-13H2,1-3H3,(H,23,26). The molecule has 34 heavy (non-hydrogen) atoms. The van der Waals surface area contributed by atoms with Gasteiger partial charge in [0, 0.05) is 19.4 Å². The van der Waals surface area contributed by atoms with Crippen LogP contribution < -0.4 is 10.2 Å². The predicted molar refractivity (Wildman–Crippen MR) is 117 cm³/mol. The summed E-state index contributed by atoms with van der Waals surface area (Å²) in [6, 6.07) is 7.58. The van der Waals surface area contributed by atoms with E-state index in [1.807, 2.05) is 0 Å². The molecule has 4 amide bonds.